The molecule has 0 radical (unpaired) electrons. The van der Waals surface area contributed by atoms with Crippen LogP contribution in [-0.2, 0) is 4.79 Å². The van der Waals surface area contributed by atoms with Gasteiger partial charge in [0, 0.05) is 19.0 Å². The summed E-state index contributed by atoms with van der Waals surface area (Å²) in [6.45, 7) is 6.66. The third kappa shape index (κ3) is 4.41. The fourth-order valence-electron chi connectivity index (χ4n) is 1.56. The van der Waals surface area contributed by atoms with E-state index in [1.54, 1.807) is 0 Å². The maximum atomic E-state index is 10.3. The number of hydrogen-bond donors (Lipinski definition) is 0. The molecule has 2 nitrogen and oxygen atoms in total. The van der Waals surface area contributed by atoms with Gasteiger partial charge in [0.1, 0.15) is 6.29 Å². The Bertz CT molecular complexity index is 152. The van der Waals surface area contributed by atoms with Gasteiger partial charge in [0.2, 0.25) is 0 Å². The molecule has 2 heteroatoms. The van der Waals surface area contributed by atoms with Crippen molar-refractivity contribution in [2.24, 2.45) is 5.92 Å². The van der Waals surface area contributed by atoms with E-state index >= 15 is 0 Å². The van der Waals surface area contributed by atoms with E-state index in [-0.39, 0.29) is 0 Å². The molecule has 1 aliphatic carbocycles. The van der Waals surface area contributed by atoms with Crippen molar-refractivity contribution in [2.75, 3.05) is 13.1 Å². The summed E-state index contributed by atoms with van der Waals surface area (Å²) in [4.78, 5) is 12.7. The van der Waals surface area contributed by atoms with Crippen LogP contribution in [0.5, 0.6) is 0 Å². The van der Waals surface area contributed by atoms with Crippen LogP contribution >= 0.6 is 0 Å². The Morgan fingerprint density at radius 1 is 1.38 bits per heavy atom. The standard InChI is InChI=1S/C11H21NO/c1-10(2)6-8-12(7-3-9-13)11-4-5-11/h9-11H,3-8H2,1-2H3. The van der Waals surface area contributed by atoms with Crippen LogP contribution in [0.4, 0.5) is 0 Å². The minimum absolute atomic E-state index is 0.703. The molecule has 0 aliphatic heterocycles. The minimum atomic E-state index is 0.703. The highest BCUT2D eigenvalue weighted by atomic mass is 16.1. The average molecular weight is 183 g/mol. The largest absolute Gasteiger partial charge is 0.303 e. The third-order valence-corrected chi connectivity index (χ3v) is 2.59. The van der Waals surface area contributed by atoms with Crippen LogP contribution < -0.4 is 0 Å². The maximum absolute atomic E-state index is 10.3. The predicted octanol–water partition coefficient (Wildman–Crippen LogP) is 2.09. The van der Waals surface area contributed by atoms with Gasteiger partial charge in [-0.15, -0.1) is 0 Å². The lowest BCUT2D eigenvalue weighted by Gasteiger charge is -2.21. The Kier molecular flexibility index (Phi) is 4.43. The molecule has 0 N–H and O–H groups in total. The maximum Gasteiger partial charge on any atom is 0.121 e. The highest BCUT2D eigenvalue weighted by Gasteiger charge is 2.27. The number of aldehydes is 1. The number of nitrogens with zero attached hydrogens (tertiary/aromatic N) is 1. The molecule has 1 saturated carbocycles. The van der Waals surface area contributed by atoms with Crippen molar-refractivity contribution in [3.63, 3.8) is 0 Å². The van der Waals surface area contributed by atoms with Gasteiger partial charge in [-0.2, -0.15) is 0 Å². The molecule has 13 heavy (non-hydrogen) atoms. The summed E-state index contributed by atoms with van der Waals surface area (Å²) in [5.41, 5.74) is 0. The fourth-order valence-corrected chi connectivity index (χ4v) is 1.56. The van der Waals surface area contributed by atoms with E-state index in [2.05, 4.69) is 18.7 Å². The van der Waals surface area contributed by atoms with Crippen molar-refractivity contribution in [3.8, 4) is 0 Å². The van der Waals surface area contributed by atoms with Crippen molar-refractivity contribution < 1.29 is 4.79 Å². The second-order valence-electron chi connectivity index (χ2n) is 4.41. The first kappa shape index (κ1) is 10.7. The number of carbonyl (C=O) groups excluding carboxylic acids is 1. The zero-order valence-electron chi connectivity index (χ0n) is 8.83. The van der Waals surface area contributed by atoms with Crippen molar-refractivity contribution in [3.05, 3.63) is 0 Å². The first-order valence-electron chi connectivity index (χ1n) is 5.41. The normalized spacial score (nSPS) is 16.9. The Morgan fingerprint density at radius 2 is 2.08 bits per heavy atom. The quantitative estimate of drug-likeness (QED) is 0.563. The summed E-state index contributed by atoms with van der Waals surface area (Å²) in [6, 6.07) is 0.804. The first-order valence-corrected chi connectivity index (χ1v) is 5.41. The highest BCUT2D eigenvalue weighted by molar-refractivity contribution is 5.49. The summed E-state index contributed by atoms with van der Waals surface area (Å²) >= 11 is 0. The molecule has 0 unspecified atom stereocenters. The van der Waals surface area contributed by atoms with Crippen molar-refractivity contribution in [1.29, 1.82) is 0 Å². The van der Waals surface area contributed by atoms with Gasteiger partial charge in [-0.05, 0) is 31.7 Å². The number of carbonyl (C=O) groups is 1. The Hall–Kier alpha value is -0.370. The second kappa shape index (κ2) is 5.38. The van der Waals surface area contributed by atoms with Crippen molar-refractivity contribution >= 4 is 6.29 Å². The van der Waals surface area contributed by atoms with Crippen LogP contribution in [0.3, 0.4) is 0 Å². The molecule has 0 spiro atoms. The van der Waals surface area contributed by atoms with E-state index in [0.29, 0.717) is 6.42 Å². The molecule has 0 bridgehead atoms. The van der Waals surface area contributed by atoms with E-state index in [1.165, 1.54) is 25.8 Å². The van der Waals surface area contributed by atoms with Crippen LogP contribution in [0.25, 0.3) is 0 Å². The van der Waals surface area contributed by atoms with Gasteiger partial charge in [0.05, 0.1) is 0 Å². The van der Waals surface area contributed by atoms with Crippen LogP contribution in [-0.4, -0.2) is 30.3 Å². The molecule has 0 atom stereocenters. The number of rotatable bonds is 7. The van der Waals surface area contributed by atoms with E-state index in [9.17, 15) is 4.79 Å². The molecule has 0 aromatic rings. The predicted molar refractivity (Wildman–Crippen MR) is 54.7 cm³/mol. The molecule has 76 valence electrons. The van der Waals surface area contributed by atoms with Crippen molar-refractivity contribution in [1.82, 2.24) is 4.90 Å². The smallest absolute Gasteiger partial charge is 0.121 e. The topological polar surface area (TPSA) is 20.3 Å². The molecular formula is C11H21NO. The van der Waals surface area contributed by atoms with E-state index in [0.717, 1.165) is 24.8 Å². The second-order valence-corrected chi connectivity index (χ2v) is 4.41. The van der Waals surface area contributed by atoms with E-state index < -0.39 is 0 Å². The summed E-state index contributed by atoms with van der Waals surface area (Å²) in [6.07, 6.45) is 5.68. The van der Waals surface area contributed by atoms with Gasteiger partial charge in [0.25, 0.3) is 0 Å². The lowest BCUT2D eigenvalue weighted by atomic mass is 10.1. The molecule has 0 aromatic heterocycles. The van der Waals surface area contributed by atoms with E-state index in [4.69, 9.17) is 0 Å². The lowest BCUT2D eigenvalue weighted by molar-refractivity contribution is -0.108. The lowest BCUT2D eigenvalue weighted by Crippen LogP contribution is -2.29. The molecule has 0 aromatic carbocycles. The molecule has 0 heterocycles. The molecule has 0 amide bonds. The summed E-state index contributed by atoms with van der Waals surface area (Å²) < 4.78 is 0. The van der Waals surface area contributed by atoms with Crippen molar-refractivity contribution in [2.45, 2.75) is 45.6 Å². The summed E-state index contributed by atoms with van der Waals surface area (Å²) in [5.74, 6) is 0.775. The van der Waals surface area contributed by atoms with Gasteiger partial charge in [-0.3, -0.25) is 4.90 Å². The summed E-state index contributed by atoms with van der Waals surface area (Å²) in [7, 11) is 0. The SMILES string of the molecule is CC(C)CCN(CCC=O)C1CC1. The fraction of sp³-hybridized carbons (Fsp3) is 0.909. The molecule has 1 rings (SSSR count). The highest BCUT2D eigenvalue weighted by Crippen LogP contribution is 2.27. The van der Waals surface area contributed by atoms with Crippen LogP contribution in [0.1, 0.15) is 39.5 Å². The van der Waals surface area contributed by atoms with Gasteiger partial charge >= 0.3 is 0 Å². The molecular weight excluding hydrogens is 162 g/mol. The summed E-state index contributed by atoms with van der Waals surface area (Å²) in [5, 5.41) is 0. The Labute approximate surface area is 81.3 Å². The van der Waals surface area contributed by atoms with Gasteiger partial charge in [-0.1, -0.05) is 13.8 Å². The first-order chi connectivity index (χ1) is 6.24. The number of hydrogen-bond acceptors (Lipinski definition) is 2. The molecule has 0 saturated heterocycles. The molecule has 1 aliphatic rings. The van der Waals surface area contributed by atoms with Gasteiger partial charge < -0.3 is 4.79 Å². The van der Waals surface area contributed by atoms with Crippen LogP contribution in [0, 0.1) is 5.92 Å². The van der Waals surface area contributed by atoms with Crippen LogP contribution in [0.15, 0.2) is 0 Å². The zero-order chi connectivity index (χ0) is 9.68. The Morgan fingerprint density at radius 3 is 2.54 bits per heavy atom. The molecule has 1 fully saturated rings. The monoisotopic (exact) mass is 183 g/mol. The zero-order valence-corrected chi connectivity index (χ0v) is 8.83. The van der Waals surface area contributed by atoms with Crippen LogP contribution in [0.2, 0.25) is 0 Å². The van der Waals surface area contributed by atoms with Gasteiger partial charge in [-0.25, -0.2) is 0 Å². The Balaban J connectivity index is 2.17. The average Bonchev–Trinajstić information content (AvgIpc) is 2.87. The van der Waals surface area contributed by atoms with E-state index in [1.807, 2.05) is 0 Å². The van der Waals surface area contributed by atoms with Gasteiger partial charge in [0.15, 0.2) is 0 Å². The third-order valence-electron chi connectivity index (χ3n) is 2.59. The minimum Gasteiger partial charge on any atom is -0.303 e.